The highest BCUT2D eigenvalue weighted by Gasteiger charge is 2.26. The van der Waals surface area contributed by atoms with Crippen LogP contribution in [0, 0.1) is 5.92 Å². The Labute approximate surface area is 154 Å². The minimum atomic E-state index is -0.759. The number of aromatic nitrogens is 1. The van der Waals surface area contributed by atoms with E-state index in [0.29, 0.717) is 17.4 Å². The number of ether oxygens (including phenoxy) is 1. The third kappa shape index (κ3) is 5.41. The molecule has 26 heavy (non-hydrogen) atoms. The Bertz CT molecular complexity index is 754. The van der Waals surface area contributed by atoms with Crippen molar-refractivity contribution in [2.24, 2.45) is 5.92 Å². The monoisotopic (exact) mass is 379 g/mol. The van der Waals surface area contributed by atoms with E-state index in [0.717, 1.165) is 0 Å². The van der Waals surface area contributed by atoms with Gasteiger partial charge in [0.1, 0.15) is 6.04 Å². The van der Waals surface area contributed by atoms with Crippen molar-refractivity contribution >= 4 is 34.3 Å². The van der Waals surface area contributed by atoms with Crippen molar-refractivity contribution in [1.29, 1.82) is 0 Å². The summed E-state index contributed by atoms with van der Waals surface area (Å²) in [7, 11) is 0. The number of esters is 1. The van der Waals surface area contributed by atoms with E-state index in [-0.39, 0.29) is 24.1 Å². The van der Waals surface area contributed by atoms with Crippen LogP contribution in [0.1, 0.15) is 37.0 Å². The fraction of sp³-hybridized carbons (Fsp3) is 0.412. The summed E-state index contributed by atoms with van der Waals surface area (Å²) in [4.78, 5) is 40.3. The van der Waals surface area contributed by atoms with Gasteiger partial charge in [-0.2, -0.15) is 0 Å². The Balaban J connectivity index is 1.98. The second-order valence-corrected chi connectivity index (χ2v) is 6.65. The zero-order valence-corrected chi connectivity index (χ0v) is 15.6. The number of nitrogens with one attached hydrogen (secondary N) is 2. The van der Waals surface area contributed by atoms with Crippen LogP contribution in [0.2, 0.25) is 0 Å². The highest BCUT2D eigenvalue weighted by molar-refractivity contribution is 7.13. The molecule has 0 aliphatic rings. The molecule has 1 unspecified atom stereocenters. The van der Waals surface area contributed by atoms with Crippen molar-refractivity contribution < 1.29 is 23.5 Å². The number of hydrogen-bond acceptors (Lipinski definition) is 7. The second-order valence-electron chi connectivity index (χ2n) is 5.79. The molecule has 0 fully saturated rings. The highest BCUT2D eigenvalue weighted by Crippen LogP contribution is 2.17. The number of hydrogen-bond donors (Lipinski definition) is 2. The minimum absolute atomic E-state index is 0.0447. The lowest BCUT2D eigenvalue weighted by Crippen LogP contribution is -2.47. The van der Waals surface area contributed by atoms with Crippen LogP contribution in [0.5, 0.6) is 0 Å². The number of furan rings is 1. The maximum Gasteiger partial charge on any atom is 0.311 e. The highest BCUT2D eigenvalue weighted by atomic mass is 32.1. The number of nitrogens with zero attached hydrogens (tertiary/aromatic N) is 1. The summed E-state index contributed by atoms with van der Waals surface area (Å²) in [5.74, 6) is -1.24. The maximum atomic E-state index is 12.5. The lowest BCUT2D eigenvalue weighted by atomic mass is 10.0. The van der Waals surface area contributed by atoms with Crippen LogP contribution >= 0.6 is 11.3 Å². The van der Waals surface area contributed by atoms with Gasteiger partial charge in [0.05, 0.1) is 25.0 Å². The van der Waals surface area contributed by atoms with Gasteiger partial charge in [-0.25, -0.2) is 4.98 Å². The average molecular weight is 379 g/mol. The van der Waals surface area contributed by atoms with Gasteiger partial charge in [0.25, 0.3) is 5.91 Å². The van der Waals surface area contributed by atoms with Crippen molar-refractivity contribution in [2.75, 3.05) is 11.9 Å². The second kappa shape index (κ2) is 9.14. The molecule has 2 aromatic rings. The average Bonchev–Trinajstić information content (AvgIpc) is 3.24. The van der Waals surface area contributed by atoms with E-state index in [4.69, 9.17) is 9.15 Å². The van der Waals surface area contributed by atoms with Gasteiger partial charge >= 0.3 is 5.97 Å². The van der Waals surface area contributed by atoms with Gasteiger partial charge in [0.2, 0.25) is 5.91 Å². The summed E-state index contributed by atoms with van der Waals surface area (Å²) in [6.07, 6.45) is 1.43. The van der Waals surface area contributed by atoms with E-state index < -0.39 is 17.9 Å². The molecule has 0 saturated carbocycles. The zero-order chi connectivity index (χ0) is 19.1. The van der Waals surface area contributed by atoms with Crippen molar-refractivity contribution in [1.82, 2.24) is 10.3 Å². The molecule has 0 bridgehead atoms. The minimum Gasteiger partial charge on any atom is -0.466 e. The van der Waals surface area contributed by atoms with Gasteiger partial charge < -0.3 is 19.8 Å². The number of carbonyl (C=O) groups is 3. The zero-order valence-electron chi connectivity index (χ0n) is 14.8. The fourth-order valence-electron chi connectivity index (χ4n) is 2.14. The first kappa shape index (κ1) is 19.6. The number of thiazole rings is 1. The molecular formula is C17H21N3O5S. The predicted molar refractivity (Wildman–Crippen MR) is 95.9 cm³/mol. The molecule has 0 aliphatic heterocycles. The third-order valence-corrected chi connectivity index (χ3v) is 4.20. The molecule has 0 radical (unpaired) electrons. The lowest BCUT2D eigenvalue weighted by molar-refractivity contribution is -0.142. The van der Waals surface area contributed by atoms with Gasteiger partial charge in [-0.3, -0.25) is 14.4 Å². The molecule has 1 atom stereocenters. The maximum absolute atomic E-state index is 12.5. The molecule has 2 amide bonds. The van der Waals surface area contributed by atoms with E-state index in [2.05, 4.69) is 15.6 Å². The number of amides is 2. The molecule has 0 aromatic carbocycles. The van der Waals surface area contributed by atoms with E-state index >= 15 is 0 Å². The summed E-state index contributed by atoms with van der Waals surface area (Å²) >= 11 is 1.20. The van der Waals surface area contributed by atoms with Crippen molar-refractivity contribution in [3.63, 3.8) is 0 Å². The van der Waals surface area contributed by atoms with Crippen LogP contribution in [0.25, 0.3) is 0 Å². The van der Waals surface area contributed by atoms with Gasteiger partial charge in [-0.1, -0.05) is 13.8 Å². The summed E-state index contributed by atoms with van der Waals surface area (Å²) < 4.78 is 9.90. The molecule has 0 saturated heterocycles. The normalized spacial score (nSPS) is 11.8. The van der Waals surface area contributed by atoms with Crippen molar-refractivity contribution in [3.8, 4) is 0 Å². The quantitative estimate of drug-likeness (QED) is 0.681. The summed E-state index contributed by atoms with van der Waals surface area (Å²) in [6.45, 7) is 5.67. The van der Waals surface area contributed by atoms with Gasteiger partial charge in [0, 0.05) is 5.38 Å². The van der Waals surface area contributed by atoms with Crippen molar-refractivity contribution in [3.05, 3.63) is 35.2 Å². The molecular weight excluding hydrogens is 358 g/mol. The van der Waals surface area contributed by atoms with E-state index in [1.54, 1.807) is 18.4 Å². The van der Waals surface area contributed by atoms with E-state index in [1.165, 1.54) is 23.7 Å². The SMILES string of the molecule is CCOC(=O)Cc1csc(NC(=O)C(NC(=O)c2ccco2)C(C)C)n1. The van der Waals surface area contributed by atoms with Crippen LogP contribution in [-0.4, -0.2) is 35.4 Å². The molecule has 2 heterocycles. The number of rotatable bonds is 8. The molecule has 9 heteroatoms. The fourth-order valence-corrected chi connectivity index (χ4v) is 2.86. The first-order valence-corrected chi connectivity index (χ1v) is 9.04. The van der Waals surface area contributed by atoms with Crippen LogP contribution < -0.4 is 10.6 Å². The third-order valence-electron chi connectivity index (χ3n) is 3.39. The van der Waals surface area contributed by atoms with Crippen molar-refractivity contribution in [2.45, 2.75) is 33.2 Å². The Morgan fingerprint density at radius 3 is 2.73 bits per heavy atom. The van der Waals surface area contributed by atoms with Crippen LogP contribution in [0.4, 0.5) is 5.13 Å². The molecule has 2 N–H and O–H groups in total. The van der Waals surface area contributed by atoms with Gasteiger partial charge in [0.15, 0.2) is 10.9 Å². The summed E-state index contributed by atoms with van der Waals surface area (Å²) in [5, 5.41) is 7.36. The first-order valence-electron chi connectivity index (χ1n) is 8.16. The Morgan fingerprint density at radius 2 is 2.12 bits per heavy atom. The first-order chi connectivity index (χ1) is 12.4. The molecule has 2 rings (SSSR count). The van der Waals surface area contributed by atoms with E-state index in [1.807, 2.05) is 13.8 Å². The smallest absolute Gasteiger partial charge is 0.311 e. The standard InChI is InChI=1S/C17H21N3O5S/c1-4-24-13(21)8-11-9-26-17(18-11)20-16(23)14(10(2)3)19-15(22)12-6-5-7-25-12/h5-7,9-10,14H,4,8H2,1-3H3,(H,19,22)(H,18,20,23). The molecule has 0 spiro atoms. The molecule has 0 aliphatic carbocycles. The largest absolute Gasteiger partial charge is 0.466 e. The Morgan fingerprint density at radius 1 is 1.35 bits per heavy atom. The van der Waals surface area contributed by atoms with Gasteiger partial charge in [-0.05, 0) is 25.0 Å². The molecule has 2 aromatic heterocycles. The number of carbonyl (C=O) groups excluding carboxylic acids is 3. The number of anilines is 1. The summed E-state index contributed by atoms with van der Waals surface area (Å²) in [6, 6.07) is 2.36. The Kier molecular flexibility index (Phi) is 6.90. The summed E-state index contributed by atoms with van der Waals surface area (Å²) in [5.41, 5.74) is 0.518. The lowest BCUT2D eigenvalue weighted by Gasteiger charge is -2.20. The predicted octanol–water partition coefficient (Wildman–Crippen LogP) is 2.23. The van der Waals surface area contributed by atoms with Crippen LogP contribution in [-0.2, 0) is 20.7 Å². The van der Waals surface area contributed by atoms with E-state index in [9.17, 15) is 14.4 Å². The topological polar surface area (TPSA) is 111 Å². The Hall–Kier alpha value is -2.68. The molecule has 8 nitrogen and oxygen atoms in total. The molecule has 140 valence electrons. The van der Waals surface area contributed by atoms with Crippen LogP contribution in [0.3, 0.4) is 0 Å². The van der Waals surface area contributed by atoms with Crippen LogP contribution in [0.15, 0.2) is 28.2 Å². The van der Waals surface area contributed by atoms with Gasteiger partial charge in [-0.15, -0.1) is 11.3 Å².